The number of para-hydroxylation sites is 1. The third kappa shape index (κ3) is 3.82. The standard InChI is InChI=1S/C37H28BrN/c1-37(2)33-18-10-8-15-29(33)30-21-20-26(24-34(30)37)39(25-12-4-3-5-13-25)36-23-22-28(27-14-6-7-17-32(27)36)31-16-9-11-19-35(31)38/h3-24H,1-2H3. The first-order chi connectivity index (χ1) is 19.0. The van der Waals surface area contributed by atoms with Gasteiger partial charge in [-0.05, 0) is 75.2 Å². The molecule has 1 aliphatic carbocycles. The molecule has 0 spiro atoms. The van der Waals surface area contributed by atoms with Gasteiger partial charge in [-0.3, -0.25) is 0 Å². The molecule has 0 fully saturated rings. The molecular weight excluding hydrogens is 538 g/mol. The van der Waals surface area contributed by atoms with Gasteiger partial charge in [-0.15, -0.1) is 0 Å². The van der Waals surface area contributed by atoms with Gasteiger partial charge >= 0.3 is 0 Å². The van der Waals surface area contributed by atoms with Crippen LogP contribution in [0.2, 0.25) is 0 Å². The fourth-order valence-corrected chi connectivity index (χ4v) is 6.73. The van der Waals surface area contributed by atoms with E-state index in [1.54, 1.807) is 0 Å². The van der Waals surface area contributed by atoms with Crippen LogP contribution in [0.1, 0.15) is 25.0 Å². The lowest BCUT2D eigenvalue weighted by atomic mass is 9.82. The highest BCUT2D eigenvalue weighted by molar-refractivity contribution is 9.10. The van der Waals surface area contributed by atoms with E-state index in [2.05, 4.69) is 168 Å². The number of rotatable bonds is 4. The number of hydrogen-bond donors (Lipinski definition) is 0. The van der Waals surface area contributed by atoms with Crippen molar-refractivity contribution in [1.29, 1.82) is 0 Å². The van der Waals surface area contributed by atoms with Crippen molar-refractivity contribution in [2.45, 2.75) is 19.3 Å². The summed E-state index contributed by atoms with van der Waals surface area (Å²) in [5, 5.41) is 2.45. The fourth-order valence-electron chi connectivity index (χ4n) is 6.23. The highest BCUT2D eigenvalue weighted by Gasteiger charge is 2.35. The highest BCUT2D eigenvalue weighted by atomic mass is 79.9. The molecule has 2 heteroatoms. The topological polar surface area (TPSA) is 3.24 Å². The van der Waals surface area contributed by atoms with Crippen LogP contribution in [0.15, 0.2) is 138 Å². The predicted molar refractivity (Wildman–Crippen MR) is 169 cm³/mol. The number of nitrogens with zero attached hydrogens (tertiary/aromatic N) is 1. The minimum absolute atomic E-state index is 0.0597. The van der Waals surface area contributed by atoms with Gasteiger partial charge in [-0.2, -0.15) is 0 Å². The van der Waals surface area contributed by atoms with Gasteiger partial charge in [-0.25, -0.2) is 0 Å². The Bertz CT molecular complexity index is 1850. The van der Waals surface area contributed by atoms with Crippen LogP contribution in [0, 0.1) is 0 Å². The van der Waals surface area contributed by atoms with Gasteiger partial charge in [0.1, 0.15) is 0 Å². The lowest BCUT2D eigenvalue weighted by molar-refractivity contribution is 0.660. The predicted octanol–water partition coefficient (Wildman–Crippen LogP) is 11.0. The van der Waals surface area contributed by atoms with E-state index in [4.69, 9.17) is 0 Å². The Morgan fingerprint density at radius 3 is 1.90 bits per heavy atom. The highest BCUT2D eigenvalue weighted by Crippen LogP contribution is 2.51. The van der Waals surface area contributed by atoms with Crippen molar-refractivity contribution in [3.05, 3.63) is 149 Å². The normalized spacial score (nSPS) is 13.2. The molecule has 0 unspecified atom stereocenters. The lowest BCUT2D eigenvalue weighted by Crippen LogP contribution is -2.16. The van der Waals surface area contributed by atoms with E-state index < -0.39 is 0 Å². The van der Waals surface area contributed by atoms with Crippen molar-refractivity contribution in [3.63, 3.8) is 0 Å². The summed E-state index contributed by atoms with van der Waals surface area (Å²) in [5.41, 5.74) is 11.3. The molecule has 0 bridgehead atoms. The van der Waals surface area contributed by atoms with E-state index in [1.165, 1.54) is 55.5 Å². The Morgan fingerprint density at radius 2 is 1.10 bits per heavy atom. The zero-order valence-electron chi connectivity index (χ0n) is 22.0. The molecule has 6 aromatic rings. The monoisotopic (exact) mass is 565 g/mol. The molecule has 7 rings (SSSR count). The quantitative estimate of drug-likeness (QED) is 0.205. The molecule has 1 nitrogen and oxygen atoms in total. The van der Waals surface area contributed by atoms with Crippen LogP contribution in [0.4, 0.5) is 17.1 Å². The van der Waals surface area contributed by atoms with Crippen molar-refractivity contribution in [2.75, 3.05) is 4.90 Å². The second-order valence-electron chi connectivity index (χ2n) is 10.7. The van der Waals surface area contributed by atoms with Gasteiger partial charge < -0.3 is 4.90 Å². The van der Waals surface area contributed by atoms with Crippen LogP contribution < -0.4 is 4.90 Å². The Balaban J connectivity index is 1.46. The van der Waals surface area contributed by atoms with Crippen LogP contribution in [-0.2, 0) is 5.41 Å². The maximum atomic E-state index is 3.78. The minimum atomic E-state index is -0.0597. The number of anilines is 3. The second kappa shape index (κ2) is 9.25. The maximum Gasteiger partial charge on any atom is 0.0540 e. The molecule has 0 atom stereocenters. The number of fused-ring (bicyclic) bond motifs is 4. The SMILES string of the molecule is CC1(C)c2ccccc2-c2ccc(N(c3ccccc3)c3ccc(-c4ccccc4Br)c4ccccc34)cc21. The van der Waals surface area contributed by atoms with Crippen molar-refractivity contribution >= 4 is 43.8 Å². The summed E-state index contributed by atoms with van der Waals surface area (Å²) >= 11 is 3.78. The van der Waals surface area contributed by atoms with Gasteiger partial charge in [0.2, 0.25) is 0 Å². The van der Waals surface area contributed by atoms with Crippen LogP contribution in [0.3, 0.4) is 0 Å². The van der Waals surface area contributed by atoms with Crippen LogP contribution in [-0.4, -0.2) is 0 Å². The third-order valence-electron chi connectivity index (χ3n) is 8.15. The molecule has 0 radical (unpaired) electrons. The zero-order chi connectivity index (χ0) is 26.6. The van der Waals surface area contributed by atoms with Gasteiger partial charge in [0.15, 0.2) is 0 Å². The van der Waals surface area contributed by atoms with E-state index >= 15 is 0 Å². The molecular formula is C37H28BrN. The summed E-state index contributed by atoms with van der Waals surface area (Å²) in [6.07, 6.45) is 0. The summed E-state index contributed by atoms with van der Waals surface area (Å²) in [6, 6.07) is 48.3. The molecule has 1 aliphatic rings. The van der Waals surface area contributed by atoms with E-state index in [1.807, 2.05) is 0 Å². The third-order valence-corrected chi connectivity index (χ3v) is 8.84. The minimum Gasteiger partial charge on any atom is -0.310 e. The van der Waals surface area contributed by atoms with Gasteiger partial charge in [0.05, 0.1) is 5.69 Å². The Labute approximate surface area is 238 Å². The van der Waals surface area contributed by atoms with Crippen LogP contribution in [0.25, 0.3) is 33.0 Å². The molecule has 0 amide bonds. The fraction of sp³-hybridized carbons (Fsp3) is 0.0811. The van der Waals surface area contributed by atoms with Crippen molar-refractivity contribution in [3.8, 4) is 22.3 Å². The van der Waals surface area contributed by atoms with Crippen molar-refractivity contribution < 1.29 is 0 Å². The van der Waals surface area contributed by atoms with E-state index in [0.29, 0.717) is 0 Å². The Morgan fingerprint density at radius 1 is 0.487 bits per heavy atom. The Hall–Kier alpha value is -4.14. The molecule has 0 heterocycles. The van der Waals surface area contributed by atoms with Gasteiger partial charge in [0, 0.05) is 26.6 Å². The first-order valence-electron chi connectivity index (χ1n) is 13.4. The summed E-state index contributed by atoms with van der Waals surface area (Å²) in [6.45, 7) is 4.69. The van der Waals surface area contributed by atoms with E-state index in [-0.39, 0.29) is 5.41 Å². The number of hydrogen-bond acceptors (Lipinski definition) is 1. The summed E-state index contributed by atoms with van der Waals surface area (Å²) in [4.78, 5) is 2.41. The molecule has 188 valence electrons. The summed E-state index contributed by atoms with van der Waals surface area (Å²) in [5.74, 6) is 0. The Kier molecular flexibility index (Phi) is 5.68. The molecule has 6 aromatic carbocycles. The van der Waals surface area contributed by atoms with Gasteiger partial charge in [-0.1, -0.05) is 127 Å². The summed E-state index contributed by atoms with van der Waals surface area (Å²) < 4.78 is 1.10. The average molecular weight is 567 g/mol. The maximum absolute atomic E-state index is 3.78. The first kappa shape index (κ1) is 23.9. The molecule has 39 heavy (non-hydrogen) atoms. The molecule has 0 N–H and O–H groups in total. The number of halogens is 1. The number of benzene rings is 6. The van der Waals surface area contributed by atoms with Crippen molar-refractivity contribution in [1.82, 2.24) is 0 Å². The second-order valence-corrected chi connectivity index (χ2v) is 11.6. The molecule has 0 aromatic heterocycles. The average Bonchev–Trinajstić information content (AvgIpc) is 3.20. The lowest BCUT2D eigenvalue weighted by Gasteiger charge is -2.29. The van der Waals surface area contributed by atoms with Crippen LogP contribution in [0.5, 0.6) is 0 Å². The van der Waals surface area contributed by atoms with E-state index in [9.17, 15) is 0 Å². The smallest absolute Gasteiger partial charge is 0.0540 e. The summed E-state index contributed by atoms with van der Waals surface area (Å²) in [7, 11) is 0. The molecule has 0 saturated heterocycles. The largest absolute Gasteiger partial charge is 0.310 e. The van der Waals surface area contributed by atoms with Crippen molar-refractivity contribution in [2.24, 2.45) is 0 Å². The van der Waals surface area contributed by atoms with E-state index in [0.717, 1.165) is 10.2 Å². The molecule has 0 aliphatic heterocycles. The van der Waals surface area contributed by atoms with Crippen LogP contribution >= 0.6 is 15.9 Å². The molecule has 0 saturated carbocycles. The first-order valence-corrected chi connectivity index (χ1v) is 14.2. The van der Waals surface area contributed by atoms with Gasteiger partial charge in [0.25, 0.3) is 0 Å². The zero-order valence-corrected chi connectivity index (χ0v) is 23.6.